The van der Waals surface area contributed by atoms with Crippen LogP contribution in [0, 0.1) is 13.8 Å². The van der Waals surface area contributed by atoms with E-state index in [4.69, 9.17) is 28.7 Å². The molecule has 12 heteroatoms. The van der Waals surface area contributed by atoms with Crippen LogP contribution in [0.1, 0.15) is 24.3 Å². The lowest BCUT2D eigenvalue weighted by Crippen LogP contribution is -2.28. The van der Waals surface area contributed by atoms with Gasteiger partial charge in [0.05, 0.1) is 38.9 Å². The average molecular weight is 508 g/mol. The number of nitrogens with one attached hydrogen (secondary N) is 1. The molecule has 0 saturated carbocycles. The number of hydrogen-bond acceptors (Lipinski definition) is 10. The van der Waals surface area contributed by atoms with Gasteiger partial charge in [-0.3, -0.25) is 4.79 Å². The van der Waals surface area contributed by atoms with Crippen molar-refractivity contribution >= 4 is 28.6 Å². The van der Waals surface area contributed by atoms with Crippen molar-refractivity contribution in [3.63, 3.8) is 0 Å². The fourth-order valence-electron chi connectivity index (χ4n) is 4.57. The van der Waals surface area contributed by atoms with Crippen LogP contribution in [0.3, 0.4) is 0 Å². The third kappa shape index (κ3) is 4.50. The second kappa shape index (κ2) is 9.96. The minimum Gasteiger partial charge on any atom is -0.493 e. The third-order valence-corrected chi connectivity index (χ3v) is 6.43. The number of likely N-dealkylation sites (tertiary alicyclic amines) is 1. The Balaban J connectivity index is 1.59. The molecule has 1 aliphatic heterocycles. The number of fused-ring (bicyclic) bond motifs is 1. The number of carbonyl (C=O) groups is 1. The zero-order valence-corrected chi connectivity index (χ0v) is 21.5. The summed E-state index contributed by atoms with van der Waals surface area (Å²) < 4.78 is 23.8. The molecule has 0 spiro atoms. The molecular weight excluding hydrogens is 478 g/mol. The Kier molecular flexibility index (Phi) is 6.55. The molecule has 5 rings (SSSR count). The Labute approximate surface area is 213 Å². The number of benzene rings is 1. The molecule has 4 aromatic rings. The molecule has 12 nitrogen and oxygen atoms in total. The minimum absolute atomic E-state index is 0.181. The summed E-state index contributed by atoms with van der Waals surface area (Å²) in [5.41, 5.74) is 3.28. The fraction of sp³-hybridized carbons (Fsp3) is 0.400. The maximum Gasteiger partial charge on any atom is 0.222 e. The zero-order chi connectivity index (χ0) is 26.1. The van der Waals surface area contributed by atoms with E-state index in [9.17, 15) is 4.79 Å². The van der Waals surface area contributed by atoms with Crippen LogP contribution >= 0.6 is 0 Å². The lowest BCUT2D eigenvalue weighted by atomic mass is 10.2. The van der Waals surface area contributed by atoms with Gasteiger partial charge in [-0.05, 0) is 20.3 Å². The molecule has 1 saturated heterocycles. The summed E-state index contributed by atoms with van der Waals surface area (Å²) in [6, 6.07) is 3.59. The SMILES string of the molecule is COc1cc(Nc2nc(-c3c(C)noc3C)nc3c2ncn3CCN2CCCC2=O)cc(OC)c1OC. The molecule has 1 N–H and O–H groups in total. The highest BCUT2D eigenvalue weighted by Gasteiger charge is 2.23. The number of rotatable bonds is 9. The molecule has 4 heterocycles. The van der Waals surface area contributed by atoms with Gasteiger partial charge in [-0.1, -0.05) is 5.16 Å². The van der Waals surface area contributed by atoms with Crippen LogP contribution in [0.4, 0.5) is 11.5 Å². The highest BCUT2D eigenvalue weighted by molar-refractivity contribution is 5.88. The number of anilines is 2. The summed E-state index contributed by atoms with van der Waals surface area (Å²) in [7, 11) is 4.68. The number of hydrogen-bond donors (Lipinski definition) is 1. The van der Waals surface area contributed by atoms with Crippen LogP contribution in [-0.2, 0) is 11.3 Å². The molecule has 1 aliphatic rings. The van der Waals surface area contributed by atoms with Gasteiger partial charge < -0.3 is 33.5 Å². The van der Waals surface area contributed by atoms with Crippen molar-refractivity contribution in [3.05, 3.63) is 29.9 Å². The van der Waals surface area contributed by atoms with Gasteiger partial charge in [-0.2, -0.15) is 0 Å². The van der Waals surface area contributed by atoms with Crippen molar-refractivity contribution in [2.24, 2.45) is 0 Å². The molecular formula is C25H29N7O5. The van der Waals surface area contributed by atoms with Crippen molar-refractivity contribution in [1.29, 1.82) is 0 Å². The van der Waals surface area contributed by atoms with Crippen molar-refractivity contribution in [2.45, 2.75) is 33.2 Å². The molecule has 1 amide bonds. The first-order chi connectivity index (χ1) is 17.9. The second-order valence-electron chi connectivity index (χ2n) is 8.73. The van der Waals surface area contributed by atoms with Gasteiger partial charge in [0.2, 0.25) is 11.7 Å². The summed E-state index contributed by atoms with van der Waals surface area (Å²) in [5, 5.41) is 7.42. The molecule has 0 radical (unpaired) electrons. The molecule has 0 unspecified atom stereocenters. The van der Waals surface area contributed by atoms with Gasteiger partial charge in [-0.15, -0.1) is 0 Å². The van der Waals surface area contributed by atoms with E-state index in [1.165, 1.54) is 0 Å². The first kappa shape index (κ1) is 24.3. The molecule has 1 fully saturated rings. The highest BCUT2D eigenvalue weighted by Crippen LogP contribution is 2.41. The van der Waals surface area contributed by atoms with Crippen molar-refractivity contribution in [3.8, 4) is 28.6 Å². The molecule has 194 valence electrons. The standard InChI is InChI=1S/C25H29N7O5/c1-14-20(15(2)37-30-14)23-28-24(27-16-11-17(34-3)22(36-5)18(12-16)35-4)21-25(29-23)32(13-26-21)10-9-31-8-6-7-19(31)33/h11-13H,6-10H2,1-5H3,(H,27,28,29). The van der Waals surface area contributed by atoms with Gasteiger partial charge in [0.1, 0.15) is 5.76 Å². The van der Waals surface area contributed by atoms with Gasteiger partial charge >= 0.3 is 0 Å². The van der Waals surface area contributed by atoms with Crippen molar-refractivity contribution in [2.75, 3.05) is 39.7 Å². The van der Waals surface area contributed by atoms with E-state index in [2.05, 4.69) is 15.5 Å². The number of aromatic nitrogens is 5. The number of nitrogens with zero attached hydrogens (tertiary/aromatic N) is 6. The summed E-state index contributed by atoms with van der Waals surface area (Å²) in [6.07, 6.45) is 3.22. The number of carbonyl (C=O) groups excluding carboxylic acids is 1. The van der Waals surface area contributed by atoms with Gasteiger partial charge in [0.25, 0.3) is 0 Å². The summed E-state index contributed by atoms with van der Waals surface area (Å²) in [6.45, 7) is 5.60. The Morgan fingerprint density at radius 2 is 1.81 bits per heavy atom. The Morgan fingerprint density at radius 3 is 2.41 bits per heavy atom. The van der Waals surface area contributed by atoms with Crippen LogP contribution in [0.25, 0.3) is 22.6 Å². The Bertz CT molecular complexity index is 1420. The minimum atomic E-state index is 0.181. The largest absolute Gasteiger partial charge is 0.493 e. The molecule has 37 heavy (non-hydrogen) atoms. The monoisotopic (exact) mass is 507 g/mol. The molecule has 0 bridgehead atoms. The molecule has 0 atom stereocenters. The topological polar surface area (TPSA) is 130 Å². The van der Waals surface area contributed by atoms with Gasteiger partial charge in [0, 0.05) is 43.9 Å². The van der Waals surface area contributed by atoms with E-state index in [1.807, 2.05) is 23.3 Å². The van der Waals surface area contributed by atoms with Crippen LogP contribution in [0.15, 0.2) is 23.0 Å². The lowest BCUT2D eigenvalue weighted by Gasteiger charge is -2.16. The molecule has 1 aromatic carbocycles. The van der Waals surface area contributed by atoms with Crippen LogP contribution in [0.5, 0.6) is 17.2 Å². The van der Waals surface area contributed by atoms with Crippen LogP contribution < -0.4 is 19.5 Å². The second-order valence-corrected chi connectivity index (χ2v) is 8.73. The van der Waals surface area contributed by atoms with E-state index >= 15 is 0 Å². The van der Waals surface area contributed by atoms with Crippen molar-refractivity contribution in [1.82, 2.24) is 29.6 Å². The lowest BCUT2D eigenvalue weighted by molar-refractivity contribution is -0.127. The van der Waals surface area contributed by atoms with Gasteiger partial charge in [0.15, 0.2) is 34.3 Å². The number of methoxy groups -OCH3 is 3. The van der Waals surface area contributed by atoms with E-state index in [0.29, 0.717) is 76.7 Å². The van der Waals surface area contributed by atoms with E-state index in [1.54, 1.807) is 39.8 Å². The number of amides is 1. The first-order valence-corrected chi connectivity index (χ1v) is 11.9. The van der Waals surface area contributed by atoms with Crippen LogP contribution in [-0.4, -0.2) is 69.9 Å². The number of imidazole rings is 1. The first-order valence-electron chi connectivity index (χ1n) is 11.9. The summed E-state index contributed by atoms with van der Waals surface area (Å²) >= 11 is 0. The zero-order valence-electron chi connectivity index (χ0n) is 21.5. The molecule has 0 aliphatic carbocycles. The van der Waals surface area contributed by atoms with Crippen molar-refractivity contribution < 1.29 is 23.5 Å². The predicted octanol–water partition coefficient (Wildman–Crippen LogP) is 3.49. The number of aryl methyl sites for hydroxylation is 2. The smallest absolute Gasteiger partial charge is 0.222 e. The maximum absolute atomic E-state index is 12.1. The summed E-state index contributed by atoms with van der Waals surface area (Å²) in [4.78, 5) is 28.2. The molecule has 3 aromatic heterocycles. The Morgan fingerprint density at radius 1 is 1.05 bits per heavy atom. The third-order valence-electron chi connectivity index (χ3n) is 6.43. The maximum atomic E-state index is 12.1. The van der Waals surface area contributed by atoms with E-state index in [-0.39, 0.29) is 5.91 Å². The summed E-state index contributed by atoms with van der Waals surface area (Å²) in [5.74, 6) is 3.23. The van der Waals surface area contributed by atoms with Crippen LogP contribution in [0.2, 0.25) is 0 Å². The predicted molar refractivity (Wildman–Crippen MR) is 135 cm³/mol. The highest BCUT2D eigenvalue weighted by atomic mass is 16.5. The quantitative estimate of drug-likeness (QED) is 0.359. The van der Waals surface area contributed by atoms with E-state index in [0.717, 1.165) is 18.5 Å². The number of ether oxygens (including phenoxy) is 3. The average Bonchev–Trinajstić information content (AvgIpc) is 3.60. The van der Waals surface area contributed by atoms with E-state index < -0.39 is 0 Å². The fourth-order valence-corrected chi connectivity index (χ4v) is 4.57. The normalized spacial score (nSPS) is 13.4. The van der Waals surface area contributed by atoms with Gasteiger partial charge in [-0.25, -0.2) is 15.0 Å². The Hall–Kier alpha value is -4.35.